The van der Waals surface area contributed by atoms with Gasteiger partial charge < -0.3 is 9.84 Å². The van der Waals surface area contributed by atoms with Gasteiger partial charge in [-0.15, -0.1) is 11.8 Å². The molecule has 0 amide bonds. The molecule has 6 nitrogen and oxygen atoms in total. The number of ether oxygens (including phenoxy) is 1. The van der Waals surface area contributed by atoms with E-state index in [-0.39, 0.29) is 10.6 Å². The van der Waals surface area contributed by atoms with Crippen molar-refractivity contribution in [2.75, 3.05) is 23.7 Å². The molecule has 0 aliphatic heterocycles. The highest BCUT2D eigenvalue weighted by molar-refractivity contribution is 7.98. The van der Waals surface area contributed by atoms with Gasteiger partial charge in [0.25, 0.3) is 10.0 Å². The average Bonchev–Trinajstić information content (AvgIpc) is 2.60. The van der Waals surface area contributed by atoms with Crippen molar-refractivity contribution in [2.45, 2.75) is 16.7 Å². The SMILES string of the molecule is CCOc1ccc(N(CC(=O)O)S(=O)(=O)c2ccc(SC)cc2)cc1. The number of benzene rings is 2. The minimum Gasteiger partial charge on any atom is -0.494 e. The molecule has 0 aliphatic carbocycles. The number of rotatable bonds is 8. The lowest BCUT2D eigenvalue weighted by Crippen LogP contribution is -2.35. The molecule has 0 fully saturated rings. The quantitative estimate of drug-likeness (QED) is 0.708. The zero-order valence-electron chi connectivity index (χ0n) is 13.9. The maximum Gasteiger partial charge on any atom is 0.324 e. The van der Waals surface area contributed by atoms with Crippen LogP contribution in [0.1, 0.15) is 6.92 Å². The number of hydrogen-bond donors (Lipinski definition) is 1. The summed E-state index contributed by atoms with van der Waals surface area (Å²) in [5, 5.41) is 9.14. The van der Waals surface area contributed by atoms with Crippen molar-refractivity contribution in [3.63, 3.8) is 0 Å². The summed E-state index contributed by atoms with van der Waals surface area (Å²) in [4.78, 5) is 12.2. The first kappa shape index (κ1) is 19.1. The van der Waals surface area contributed by atoms with Crippen LogP contribution in [-0.2, 0) is 14.8 Å². The fraction of sp³-hybridized carbons (Fsp3) is 0.235. The molecule has 0 spiro atoms. The Morgan fingerprint density at radius 3 is 2.20 bits per heavy atom. The van der Waals surface area contributed by atoms with Gasteiger partial charge in [-0.1, -0.05) is 0 Å². The number of carboxylic acids is 1. The summed E-state index contributed by atoms with van der Waals surface area (Å²) in [7, 11) is -4.00. The fourth-order valence-electron chi connectivity index (χ4n) is 2.19. The summed E-state index contributed by atoms with van der Waals surface area (Å²) in [6, 6.07) is 12.6. The molecule has 0 aliphatic rings. The molecule has 8 heteroatoms. The number of aliphatic carboxylic acids is 1. The summed E-state index contributed by atoms with van der Waals surface area (Å²) in [5.74, 6) is -0.651. The number of hydrogen-bond acceptors (Lipinski definition) is 5. The van der Waals surface area contributed by atoms with E-state index in [1.54, 1.807) is 24.3 Å². The van der Waals surface area contributed by atoms with E-state index < -0.39 is 22.5 Å². The van der Waals surface area contributed by atoms with E-state index in [4.69, 9.17) is 9.84 Å². The Balaban J connectivity index is 2.42. The maximum atomic E-state index is 12.9. The molecule has 0 unspecified atom stereocenters. The van der Waals surface area contributed by atoms with Crippen LogP contribution in [-0.4, -0.2) is 38.9 Å². The zero-order chi connectivity index (χ0) is 18.4. The minimum atomic E-state index is -4.00. The normalized spacial score (nSPS) is 11.1. The lowest BCUT2D eigenvalue weighted by atomic mass is 10.3. The Bertz CT molecular complexity index is 817. The first-order chi connectivity index (χ1) is 11.9. The fourth-order valence-corrected chi connectivity index (χ4v) is 4.01. The predicted molar refractivity (Wildman–Crippen MR) is 98.0 cm³/mol. The van der Waals surface area contributed by atoms with Gasteiger partial charge in [0.2, 0.25) is 0 Å². The van der Waals surface area contributed by atoms with E-state index >= 15 is 0 Å². The molecule has 134 valence electrons. The van der Waals surface area contributed by atoms with Crippen LogP contribution in [0.25, 0.3) is 0 Å². The highest BCUT2D eigenvalue weighted by atomic mass is 32.2. The van der Waals surface area contributed by atoms with Crippen LogP contribution >= 0.6 is 11.8 Å². The van der Waals surface area contributed by atoms with Crippen LogP contribution in [0, 0.1) is 0 Å². The van der Waals surface area contributed by atoms with E-state index in [9.17, 15) is 13.2 Å². The molecule has 0 aromatic heterocycles. The Labute approximate surface area is 151 Å². The molecule has 0 atom stereocenters. The van der Waals surface area contributed by atoms with E-state index in [2.05, 4.69) is 0 Å². The van der Waals surface area contributed by atoms with Crippen molar-refractivity contribution in [3.05, 3.63) is 48.5 Å². The predicted octanol–water partition coefficient (Wildman–Crippen LogP) is 3.09. The molecular formula is C17H19NO5S2. The number of anilines is 1. The van der Waals surface area contributed by atoms with Crippen LogP contribution in [0.2, 0.25) is 0 Å². The van der Waals surface area contributed by atoms with E-state index in [0.29, 0.717) is 12.4 Å². The van der Waals surface area contributed by atoms with Crippen LogP contribution in [0.15, 0.2) is 58.3 Å². The van der Waals surface area contributed by atoms with Gasteiger partial charge in [-0.25, -0.2) is 8.42 Å². The second-order valence-corrected chi connectivity index (χ2v) is 7.75. The number of thioether (sulfide) groups is 1. The highest BCUT2D eigenvalue weighted by Gasteiger charge is 2.27. The van der Waals surface area contributed by atoms with Crippen molar-refractivity contribution < 1.29 is 23.1 Å². The van der Waals surface area contributed by atoms with Crippen LogP contribution in [0.3, 0.4) is 0 Å². The Morgan fingerprint density at radius 1 is 1.12 bits per heavy atom. The van der Waals surface area contributed by atoms with Crippen LogP contribution < -0.4 is 9.04 Å². The van der Waals surface area contributed by atoms with Gasteiger partial charge in [-0.2, -0.15) is 0 Å². The highest BCUT2D eigenvalue weighted by Crippen LogP contribution is 2.27. The number of carboxylic acid groups (broad SMARTS) is 1. The van der Waals surface area contributed by atoms with Crippen LogP contribution in [0.4, 0.5) is 5.69 Å². The number of sulfonamides is 1. The van der Waals surface area contributed by atoms with Crippen molar-refractivity contribution in [2.24, 2.45) is 0 Å². The minimum absolute atomic E-state index is 0.0421. The van der Waals surface area contributed by atoms with Gasteiger partial charge in [0, 0.05) is 4.90 Å². The third kappa shape index (κ3) is 4.67. The Hall–Kier alpha value is -2.19. The van der Waals surface area contributed by atoms with Gasteiger partial charge in [0.1, 0.15) is 12.3 Å². The standard InChI is InChI=1S/C17H19NO5S2/c1-3-23-14-6-4-13(5-7-14)18(12-17(19)20)25(21,22)16-10-8-15(24-2)9-11-16/h4-11H,3,12H2,1-2H3,(H,19,20). The average molecular weight is 381 g/mol. The number of nitrogens with zero attached hydrogens (tertiary/aromatic N) is 1. The summed E-state index contributed by atoms with van der Waals surface area (Å²) < 4.78 is 32.0. The molecule has 2 rings (SSSR count). The molecule has 25 heavy (non-hydrogen) atoms. The molecule has 0 bridgehead atoms. The van der Waals surface area contributed by atoms with Gasteiger partial charge in [0.15, 0.2) is 0 Å². The van der Waals surface area contributed by atoms with Crippen LogP contribution in [0.5, 0.6) is 5.75 Å². The summed E-state index contributed by atoms with van der Waals surface area (Å²) >= 11 is 1.49. The topological polar surface area (TPSA) is 83.9 Å². The van der Waals surface area contributed by atoms with E-state index in [1.165, 1.54) is 36.0 Å². The van der Waals surface area contributed by atoms with E-state index in [1.807, 2.05) is 13.2 Å². The van der Waals surface area contributed by atoms with Crippen molar-refractivity contribution in [1.29, 1.82) is 0 Å². The maximum absolute atomic E-state index is 12.9. The van der Waals surface area contributed by atoms with Gasteiger partial charge in [-0.05, 0) is 61.7 Å². The molecule has 0 saturated heterocycles. The zero-order valence-corrected chi connectivity index (χ0v) is 15.5. The monoisotopic (exact) mass is 381 g/mol. The molecular weight excluding hydrogens is 362 g/mol. The largest absolute Gasteiger partial charge is 0.494 e. The number of carbonyl (C=O) groups is 1. The first-order valence-corrected chi connectivity index (χ1v) is 10.2. The third-order valence-corrected chi connectivity index (χ3v) is 5.89. The van der Waals surface area contributed by atoms with Gasteiger partial charge in [0.05, 0.1) is 17.2 Å². The second kappa shape index (κ2) is 8.26. The second-order valence-electron chi connectivity index (χ2n) is 5.01. The Morgan fingerprint density at radius 2 is 1.72 bits per heavy atom. The van der Waals surface area contributed by atoms with Gasteiger partial charge >= 0.3 is 5.97 Å². The summed E-state index contributed by atoms with van der Waals surface area (Å²) in [6.45, 7) is 1.66. The smallest absolute Gasteiger partial charge is 0.324 e. The van der Waals surface area contributed by atoms with Crippen molar-refractivity contribution in [1.82, 2.24) is 0 Å². The van der Waals surface area contributed by atoms with Crippen molar-refractivity contribution >= 4 is 33.4 Å². The molecule has 1 N–H and O–H groups in total. The first-order valence-electron chi connectivity index (χ1n) is 7.50. The Kier molecular flexibility index (Phi) is 6.33. The molecule has 0 saturated carbocycles. The molecule has 0 heterocycles. The van der Waals surface area contributed by atoms with Gasteiger partial charge in [-0.3, -0.25) is 9.10 Å². The lowest BCUT2D eigenvalue weighted by Gasteiger charge is -2.23. The van der Waals surface area contributed by atoms with Crippen molar-refractivity contribution in [3.8, 4) is 5.75 Å². The molecule has 0 radical (unpaired) electrons. The molecule has 2 aromatic carbocycles. The third-order valence-electron chi connectivity index (χ3n) is 3.36. The lowest BCUT2D eigenvalue weighted by molar-refractivity contribution is -0.135. The summed E-state index contributed by atoms with van der Waals surface area (Å²) in [6.07, 6.45) is 1.89. The molecule has 2 aromatic rings. The van der Waals surface area contributed by atoms with E-state index in [0.717, 1.165) is 9.20 Å². The summed E-state index contributed by atoms with van der Waals surface area (Å²) in [5.41, 5.74) is 0.264.